The van der Waals surface area contributed by atoms with Crippen molar-refractivity contribution in [3.8, 4) is 11.5 Å². The molecule has 0 bridgehead atoms. The molecule has 3 rings (SSSR count). The molecule has 0 aliphatic rings. The van der Waals surface area contributed by atoms with E-state index < -0.39 is 0 Å². The number of fused-ring (bicyclic) bond motifs is 1. The summed E-state index contributed by atoms with van der Waals surface area (Å²) in [5.41, 5.74) is 2.59. The topological polar surface area (TPSA) is 60.5 Å². The Balaban J connectivity index is 1.63. The zero-order valence-corrected chi connectivity index (χ0v) is 19.6. The highest BCUT2D eigenvalue weighted by atomic mass is 79.9. The average molecular weight is 498 g/mol. The molecule has 1 N–H and O–H groups in total. The van der Waals surface area contributed by atoms with E-state index in [0.717, 1.165) is 44.4 Å². The number of anilines is 1. The summed E-state index contributed by atoms with van der Waals surface area (Å²) in [6.45, 7) is 6.49. The Morgan fingerprint density at radius 2 is 2.07 bits per heavy atom. The molecular weight excluding hydrogens is 476 g/mol. The summed E-state index contributed by atoms with van der Waals surface area (Å²) in [5.74, 6) is 1.12. The molecule has 1 amide bonds. The van der Waals surface area contributed by atoms with Crippen molar-refractivity contribution in [3.63, 3.8) is 0 Å². The maximum atomic E-state index is 12.3. The number of hydrogen-bond acceptors (Lipinski definition) is 5. The molecule has 0 aliphatic heterocycles. The third-order valence-corrected chi connectivity index (χ3v) is 6.80. The highest BCUT2D eigenvalue weighted by Crippen LogP contribution is 2.35. The van der Waals surface area contributed by atoms with E-state index >= 15 is 0 Å². The Morgan fingerprint density at radius 1 is 1.28 bits per heavy atom. The highest BCUT2D eigenvalue weighted by molar-refractivity contribution is 9.10. The van der Waals surface area contributed by atoms with Gasteiger partial charge in [-0.15, -0.1) is 0 Å². The van der Waals surface area contributed by atoms with Crippen molar-refractivity contribution < 1.29 is 14.3 Å². The minimum atomic E-state index is -0.277. The lowest BCUT2D eigenvalue weighted by molar-refractivity contribution is -0.118. The molecule has 1 aromatic heterocycles. The van der Waals surface area contributed by atoms with E-state index in [2.05, 4.69) is 33.2 Å². The third kappa shape index (κ3) is 5.41. The minimum Gasteiger partial charge on any atom is -0.494 e. The van der Waals surface area contributed by atoms with Crippen LogP contribution in [0, 0.1) is 13.8 Å². The molecule has 2 aromatic carbocycles. The molecule has 3 aromatic rings. The molecule has 0 saturated heterocycles. The molecule has 0 spiro atoms. The molecule has 29 heavy (non-hydrogen) atoms. The summed E-state index contributed by atoms with van der Waals surface area (Å²) < 4.78 is 13.1. The number of halogens is 2. The summed E-state index contributed by atoms with van der Waals surface area (Å²) in [5, 5.41) is 4.01. The van der Waals surface area contributed by atoms with Gasteiger partial charge in [-0.1, -0.05) is 36.3 Å². The van der Waals surface area contributed by atoms with Gasteiger partial charge in [-0.25, -0.2) is 4.98 Å². The summed E-state index contributed by atoms with van der Waals surface area (Å²) >= 11 is 11.1. The Bertz CT molecular complexity index is 1040. The molecule has 8 heteroatoms. The van der Waals surface area contributed by atoms with Crippen LogP contribution in [0.1, 0.15) is 30.9 Å². The average Bonchev–Trinajstić information content (AvgIpc) is 3.09. The van der Waals surface area contributed by atoms with Crippen molar-refractivity contribution in [3.05, 3.63) is 44.9 Å². The lowest BCUT2D eigenvalue weighted by Gasteiger charge is -2.12. The zero-order valence-electron chi connectivity index (χ0n) is 16.5. The van der Waals surface area contributed by atoms with Crippen molar-refractivity contribution in [2.45, 2.75) is 33.6 Å². The predicted molar refractivity (Wildman–Crippen MR) is 123 cm³/mol. The van der Waals surface area contributed by atoms with Gasteiger partial charge in [-0.05, 0) is 71.6 Å². The largest absolute Gasteiger partial charge is 0.494 e. The minimum absolute atomic E-state index is 0.125. The molecule has 0 fully saturated rings. The number of amides is 1. The number of rotatable bonds is 8. The monoisotopic (exact) mass is 496 g/mol. The van der Waals surface area contributed by atoms with Gasteiger partial charge < -0.3 is 9.47 Å². The number of nitrogens with zero attached hydrogens (tertiary/aromatic N) is 1. The smallest absolute Gasteiger partial charge is 0.264 e. The normalized spacial score (nSPS) is 10.9. The Hall–Kier alpha value is -1.83. The first-order chi connectivity index (χ1) is 13.9. The van der Waals surface area contributed by atoms with Crippen LogP contribution in [0.4, 0.5) is 5.13 Å². The number of unbranched alkanes of at least 4 members (excludes halogenated alkanes) is 1. The van der Waals surface area contributed by atoms with Crippen LogP contribution in [0.15, 0.2) is 28.7 Å². The van der Waals surface area contributed by atoms with Gasteiger partial charge in [0.05, 0.1) is 21.3 Å². The maximum Gasteiger partial charge on any atom is 0.264 e. The molecule has 1 heterocycles. The lowest BCUT2D eigenvalue weighted by atomic mass is 10.1. The second-order valence-electron chi connectivity index (χ2n) is 6.63. The number of ether oxygens (including phenoxy) is 2. The summed E-state index contributed by atoms with van der Waals surface area (Å²) in [4.78, 5) is 16.8. The van der Waals surface area contributed by atoms with E-state index in [-0.39, 0.29) is 12.5 Å². The van der Waals surface area contributed by atoms with Gasteiger partial charge in [0.15, 0.2) is 11.7 Å². The van der Waals surface area contributed by atoms with Crippen molar-refractivity contribution in [1.29, 1.82) is 0 Å². The van der Waals surface area contributed by atoms with Crippen LogP contribution in [0.3, 0.4) is 0 Å². The van der Waals surface area contributed by atoms with Gasteiger partial charge in [0.2, 0.25) is 0 Å². The molecule has 0 saturated carbocycles. The number of aryl methyl sites for hydroxylation is 1. The van der Waals surface area contributed by atoms with Crippen LogP contribution < -0.4 is 14.8 Å². The fourth-order valence-corrected chi connectivity index (χ4v) is 4.29. The second kappa shape index (κ2) is 9.78. The van der Waals surface area contributed by atoms with Crippen molar-refractivity contribution in [2.24, 2.45) is 0 Å². The van der Waals surface area contributed by atoms with E-state index in [1.54, 1.807) is 0 Å². The van der Waals surface area contributed by atoms with E-state index in [1.165, 1.54) is 11.3 Å². The number of carbonyl (C=O) groups is 1. The van der Waals surface area contributed by atoms with Crippen molar-refractivity contribution >= 4 is 60.1 Å². The third-order valence-electron chi connectivity index (χ3n) is 4.30. The van der Waals surface area contributed by atoms with Crippen molar-refractivity contribution in [1.82, 2.24) is 4.98 Å². The maximum absolute atomic E-state index is 12.3. The first-order valence-corrected chi connectivity index (χ1v) is 11.3. The summed E-state index contributed by atoms with van der Waals surface area (Å²) in [6, 6.07) is 7.56. The van der Waals surface area contributed by atoms with E-state index in [9.17, 15) is 4.79 Å². The summed E-state index contributed by atoms with van der Waals surface area (Å²) in [7, 11) is 0. The lowest BCUT2D eigenvalue weighted by Crippen LogP contribution is -2.20. The van der Waals surface area contributed by atoms with Crippen LogP contribution in [0.5, 0.6) is 11.5 Å². The van der Waals surface area contributed by atoms with E-state index in [4.69, 9.17) is 21.1 Å². The van der Waals surface area contributed by atoms with Crippen LogP contribution >= 0.6 is 38.9 Å². The zero-order chi connectivity index (χ0) is 21.0. The fraction of sp³-hybridized carbons (Fsp3) is 0.333. The van der Waals surface area contributed by atoms with Gasteiger partial charge >= 0.3 is 0 Å². The quantitative estimate of drug-likeness (QED) is 0.360. The second-order valence-corrected chi connectivity index (χ2v) is 8.83. The van der Waals surface area contributed by atoms with Crippen LogP contribution in [-0.2, 0) is 4.79 Å². The molecule has 5 nitrogen and oxygen atoms in total. The van der Waals surface area contributed by atoms with Gasteiger partial charge in [0, 0.05) is 5.02 Å². The van der Waals surface area contributed by atoms with E-state index in [0.29, 0.717) is 22.5 Å². The Morgan fingerprint density at radius 3 is 2.83 bits per heavy atom. The van der Waals surface area contributed by atoms with Gasteiger partial charge in [0.1, 0.15) is 11.5 Å². The molecule has 154 valence electrons. The Kier molecular flexibility index (Phi) is 7.38. The fourth-order valence-electron chi connectivity index (χ4n) is 2.69. The van der Waals surface area contributed by atoms with Crippen LogP contribution in [-0.4, -0.2) is 24.1 Å². The standard InChI is InChI=1S/C21H22BrClN2O3S/c1-4-5-8-27-14-6-7-15-17(10-14)29-21(24-15)25-18(26)11-28-16-9-12(2)20(23)13(3)19(16)22/h6-7,9-10H,4-5,8,11H2,1-3H3,(H,24,25,26). The first-order valence-electron chi connectivity index (χ1n) is 9.30. The highest BCUT2D eigenvalue weighted by Gasteiger charge is 2.14. The SMILES string of the molecule is CCCCOc1ccc2nc(NC(=O)COc3cc(C)c(Cl)c(C)c3Br)sc2c1. The van der Waals surface area contributed by atoms with E-state index in [1.807, 2.05) is 38.1 Å². The van der Waals surface area contributed by atoms with Gasteiger partial charge in [-0.2, -0.15) is 0 Å². The van der Waals surface area contributed by atoms with Gasteiger partial charge in [0.25, 0.3) is 5.91 Å². The van der Waals surface area contributed by atoms with Gasteiger partial charge in [-0.3, -0.25) is 10.1 Å². The molecule has 0 aliphatic carbocycles. The van der Waals surface area contributed by atoms with Crippen LogP contribution in [0.2, 0.25) is 5.02 Å². The van der Waals surface area contributed by atoms with Crippen molar-refractivity contribution in [2.75, 3.05) is 18.5 Å². The predicted octanol–water partition coefficient (Wildman–Crippen LogP) is 6.53. The number of benzene rings is 2. The Labute approximate surface area is 187 Å². The molecule has 0 unspecified atom stereocenters. The molecule has 0 atom stereocenters. The molecule has 0 radical (unpaired) electrons. The molecular formula is C21H22BrClN2O3S. The number of aromatic nitrogens is 1. The summed E-state index contributed by atoms with van der Waals surface area (Å²) in [6.07, 6.45) is 2.11. The number of nitrogens with one attached hydrogen (secondary N) is 1. The number of carbonyl (C=O) groups excluding carboxylic acids is 1. The number of thiazole rings is 1. The van der Waals surface area contributed by atoms with Crippen LogP contribution in [0.25, 0.3) is 10.2 Å². The first kappa shape index (κ1) is 21.9. The number of hydrogen-bond donors (Lipinski definition) is 1.